The molecule has 2 atom stereocenters. The molecule has 3 aromatic heterocycles. The zero-order valence-electron chi connectivity index (χ0n) is 12.0. The highest BCUT2D eigenvalue weighted by atomic mass is 32.1. The lowest BCUT2D eigenvalue weighted by molar-refractivity contribution is 0.808. The van der Waals surface area contributed by atoms with Gasteiger partial charge < -0.3 is 4.90 Å². The Hall–Kier alpha value is -1.82. The molecule has 5 rings (SSSR count). The molecule has 2 unspecified atom stereocenters. The number of aryl methyl sites for hydroxylation is 2. The van der Waals surface area contributed by atoms with Gasteiger partial charge >= 0.3 is 0 Å². The first-order valence-corrected chi connectivity index (χ1v) is 8.16. The number of nitrogens with zero attached hydrogens (tertiary/aromatic N) is 5. The van der Waals surface area contributed by atoms with Crippen LogP contribution >= 0.6 is 11.3 Å². The van der Waals surface area contributed by atoms with Crippen LogP contribution in [0.1, 0.15) is 17.7 Å². The summed E-state index contributed by atoms with van der Waals surface area (Å²) in [6.07, 6.45) is 3.10. The maximum Gasteiger partial charge on any atom is 0.150 e. The van der Waals surface area contributed by atoms with Crippen molar-refractivity contribution in [1.82, 2.24) is 20.2 Å². The zero-order chi connectivity index (χ0) is 14.1. The van der Waals surface area contributed by atoms with E-state index in [4.69, 9.17) is 0 Å². The lowest BCUT2D eigenvalue weighted by Crippen LogP contribution is -2.22. The second kappa shape index (κ2) is 3.88. The van der Waals surface area contributed by atoms with E-state index in [0.29, 0.717) is 0 Å². The molecule has 0 bridgehead atoms. The van der Waals surface area contributed by atoms with Crippen LogP contribution < -0.4 is 4.90 Å². The monoisotopic (exact) mass is 297 g/mol. The van der Waals surface area contributed by atoms with Crippen LogP contribution in [0.4, 0.5) is 5.82 Å². The molecule has 106 valence electrons. The third-order valence-electron chi connectivity index (χ3n) is 4.92. The third-order valence-corrected chi connectivity index (χ3v) is 5.98. The predicted octanol–water partition coefficient (Wildman–Crippen LogP) is 2.71. The summed E-state index contributed by atoms with van der Waals surface area (Å²) in [4.78, 5) is 12.5. The number of hydrogen-bond donors (Lipinski definition) is 0. The molecule has 0 amide bonds. The lowest BCUT2D eigenvalue weighted by Gasteiger charge is -2.18. The largest absolute Gasteiger partial charge is 0.355 e. The fraction of sp³-hybridized carbons (Fsp3) is 0.467. The number of rotatable bonds is 1. The van der Waals surface area contributed by atoms with Gasteiger partial charge in [-0.2, -0.15) is 5.10 Å². The Kier molecular flexibility index (Phi) is 2.18. The smallest absolute Gasteiger partial charge is 0.150 e. The van der Waals surface area contributed by atoms with Gasteiger partial charge in [0.05, 0.1) is 15.9 Å². The number of piperidine rings is 1. The van der Waals surface area contributed by atoms with E-state index in [-0.39, 0.29) is 0 Å². The maximum atomic E-state index is 4.57. The summed E-state index contributed by atoms with van der Waals surface area (Å²) in [6, 6.07) is 0. The van der Waals surface area contributed by atoms with Crippen molar-refractivity contribution >= 4 is 37.6 Å². The Morgan fingerprint density at radius 2 is 1.95 bits per heavy atom. The molecule has 4 heterocycles. The molecule has 2 aliphatic rings. The average molecular weight is 297 g/mol. The van der Waals surface area contributed by atoms with E-state index in [0.717, 1.165) is 56.9 Å². The predicted molar refractivity (Wildman–Crippen MR) is 83.8 cm³/mol. The van der Waals surface area contributed by atoms with Crippen molar-refractivity contribution in [2.75, 3.05) is 18.0 Å². The molecule has 3 aromatic rings. The minimum Gasteiger partial charge on any atom is -0.355 e. The van der Waals surface area contributed by atoms with Crippen molar-refractivity contribution in [2.24, 2.45) is 11.8 Å². The number of fused-ring (bicyclic) bond motifs is 4. The molecule has 5 nitrogen and oxygen atoms in total. The van der Waals surface area contributed by atoms with Crippen LogP contribution in [0.5, 0.6) is 0 Å². The van der Waals surface area contributed by atoms with E-state index in [1.165, 1.54) is 12.0 Å². The summed E-state index contributed by atoms with van der Waals surface area (Å²) < 4.78 is 1.16. The maximum absolute atomic E-state index is 4.57. The summed E-state index contributed by atoms with van der Waals surface area (Å²) in [5.74, 6) is 2.88. The quantitative estimate of drug-likeness (QED) is 0.691. The molecule has 0 spiro atoms. The zero-order valence-corrected chi connectivity index (χ0v) is 12.8. The molecule has 1 aliphatic carbocycles. The third kappa shape index (κ3) is 1.56. The summed E-state index contributed by atoms with van der Waals surface area (Å²) in [6.45, 7) is 6.40. The van der Waals surface area contributed by atoms with E-state index in [1.807, 2.05) is 6.92 Å². The van der Waals surface area contributed by atoms with Crippen LogP contribution in [0.3, 0.4) is 0 Å². The molecular formula is C15H15N5S. The van der Waals surface area contributed by atoms with Gasteiger partial charge in [0.2, 0.25) is 0 Å². The van der Waals surface area contributed by atoms with Crippen LogP contribution in [-0.2, 0) is 0 Å². The fourth-order valence-electron chi connectivity index (χ4n) is 3.47. The van der Waals surface area contributed by atoms with Crippen molar-refractivity contribution in [3.05, 3.63) is 17.6 Å². The van der Waals surface area contributed by atoms with E-state index in [1.54, 1.807) is 17.7 Å². The summed E-state index contributed by atoms with van der Waals surface area (Å²) in [5.41, 5.74) is 3.20. The van der Waals surface area contributed by atoms with Gasteiger partial charge in [0.25, 0.3) is 0 Å². The van der Waals surface area contributed by atoms with Gasteiger partial charge in [0.1, 0.15) is 17.0 Å². The first-order valence-electron chi connectivity index (χ1n) is 7.34. The van der Waals surface area contributed by atoms with Gasteiger partial charge in [-0.3, -0.25) is 0 Å². The topological polar surface area (TPSA) is 54.8 Å². The van der Waals surface area contributed by atoms with E-state index >= 15 is 0 Å². The highest BCUT2D eigenvalue weighted by molar-refractivity contribution is 7.26. The Bertz CT molecular complexity index is 877. The van der Waals surface area contributed by atoms with Crippen molar-refractivity contribution in [3.63, 3.8) is 0 Å². The second-order valence-corrected chi connectivity index (χ2v) is 7.23. The number of hydrogen-bond acceptors (Lipinski definition) is 6. The highest BCUT2D eigenvalue weighted by Crippen LogP contribution is 2.48. The number of aromatic nitrogens is 4. The van der Waals surface area contributed by atoms with Gasteiger partial charge in [-0.15, -0.1) is 16.4 Å². The van der Waals surface area contributed by atoms with Crippen molar-refractivity contribution in [3.8, 4) is 0 Å². The Morgan fingerprint density at radius 1 is 1.14 bits per heavy atom. The molecule has 21 heavy (non-hydrogen) atoms. The Labute approximate surface area is 126 Å². The van der Waals surface area contributed by atoms with Crippen molar-refractivity contribution in [2.45, 2.75) is 20.3 Å². The first-order chi connectivity index (χ1) is 10.2. The SMILES string of the molecule is Cc1nnc2sc3c(N4CC5CC5C4)ncnc3c2c1C. The Morgan fingerprint density at radius 3 is 2.76 bits per heavy atom. The summed E-state index contributed by atoms with van der Waals surface area (Å²) in [7, 11) is 0. The molecule has 6 heteroatoms. The van der Waals surface area contributed by atoms with Gasteiger partial charge in [0, 0.05) is 18.5 Å². The van der Waals surface area contributed by atoms with Crippen LogP contribution in [-0.4, -0.2) is 33.3 Å². The van der Waals surface area contributed by atoms with Gasteiger partial charge in [0.15, 0.2) is 0 Å². The van der Waals surface area contributed by atoms with Crippen LogP contribution in [0, 0.1) is 25.7 Å². The Balaban J connectivity index is 1.78. The number of thiophene rings is 1. The number of anilines is 1. The molecule has 0 aromatic carbocycles. The fourth-order valence-corrected chi connectivity index (χ4v) is 4.62. The molecule has 1 saturated heterocycles. The average Bonchev–Trinajstić information content (AvgIpc) is 2.95. The van der Waals surface area contributed by atoms with Crippen molar-refractivity contribution in [1.29, 1.82) is 0 Å². The molecule has 0 radical (unpaired) electrons. The normalized spacial score (nSPS) is 24.0. The highest BCUT2D eigenvalue weighted by Gasteiger charge is 2.45. The van der Waals surface area contributed by atoms with E-state index in [2.05, 4.69) is 32.0 Å². The van der Waals surface area contributed by atoms with Crippen LogP contribution in [0.15, 0.2) is 6.33 Å². The van der Waals surface area contributed by atoms with Gasteiger partial charge in [-0.1, -0.05) is 0 Å². The minimum atomic E-state index is 0.896. The summed E-state index contributed by atoms with van der Waals surface area (Å²) >= 11 is 1.67. The van der Waals surface area contributed by atoms with E-state index < -0.39 is 0 Å². The van der Waals surface area contributed by atoms with Crippen molar-refractivity contribution < 1.29 is 0 Å². The lowest BCUT2D eigenvalue weighted by atomic mass is 10.1. The standard InChI is InChI=1S/C15H15N5S/c1-7-8(2)18-19-15-11(7)12-13(21-15)14(17-6-16-12)20-4-9-3-10(9)5-20/h6,9-10H,3-5H2,1-2H3. The molecule has 1 saturated carbocycles. The summed E-state index contributed by atoms with van der Waals surface area (Å²) in [5, 5.41) is 9.75. The molecule has 2 fully saturated rings. The van der Waals surface area contributed by atoms with E-state index in [9.17, 15) is 0 Å². The minimum absolute atomic E-state index is 0.896. The van der Waals surface area contributed by atoms with Gasteiger partial charge in [-0.25, -0.2) is 9.97 Å². The second-order valence-electron chi connectivity index (χ2n) is 6.23. The van der Waals surface area contributed by atoms with Crippen LogP contribution in [0.25, 0.3) is 20.4 Å². The molecular weight excluding hydrogens is 282 g/mol. The van der Waals surface area contributed by atoms with Gasteiger partial charge in [-0.05, 0) is 37.7 Å². The molecule has 1 aliphatic heterocycles. The first kappa shape index (κ1) is 11.8. The molecule has 0 N–H and O–H groups in total. The van der Waals surface area contributed by atoms with Crippen LogP contribution in [0.2, 0.25) is 0 Å².